The van der Waals surface area contributed by atoms with Crippen LogP contribution in [0.3, 0.4) is 0 Å². The van der Waals surface area contributed by atoms with Crippen molar-refractivity contribution in [2.45, 2.75) is 51.5 Å². The Balaban J connectivity index is 1.67. The average Bonchev–Trinajstić information content (AvgIpc) is 3.38. The third-order valence-electron chi connectivity index (χ3n) is 6.86. The summed E-state index contributed by atoms with van der Waals surface area (Å²) in [5.74, 6) is 0.252. The van der Waals surface area contributed by atoms with E-state index in [1.54, 1.807) is 0 Å². The summed E-state index contributed by atoms with van der Waals surface area (Å²) in [4.78, 5) is 15.3. The molecule has 0 aromatic heterocycles. The molecule has 4 nitrogen and oxygen atoms in total. The van der Waals surface area contributed by atoms with E-state index >= 15 is 0 Å². The molecule has 1 saturated carbocycles. The van der Waals surface area contributed by atoms with Crippen molar-refractivity contribution in [1.29, 1.82) is 0 Å². The third kappa shape index (κ3) is 5.48. The maximum Gasteiger partial charge on any atom is 0.416 e. The number of hydrogen-bond acceptors (Lipinski definition) is 3. The van der Waals surface area contributed by atoms with Crippen molar-refractivity contribution in [2.75, 3.05) is 32.8 Å². The van der Waals surface area contributed by atoms with Gasteiger partial charge in [0.15, 0.2) is 0 Å². The molecule has 3 aliphatic rings. The lowest BCUT2D eigenvalue weighted by molar-refractivity contribution is -0.154. The second-order valence-electron chi connectivity index (χ2n) is 10.2. The van der Waals surface area contributed by atoms with Gasteiger partial charge in [0.05, 0.1) is 29.8 Å². The van der Waals surface area contributed by atoms with E-state index in [1.165, 1.54) is 4.90 Å². The molecule has 1 N–H and O–H groups in total. The first kappa shape index (κ1) is 24.3. The molecular formula is C23H28F6N2O2. The van der Waals surface area contributed by atoms with Crippen molar-refractivity contribution in [3.8, 4) is 0 Å². The molecule has 1 amide bonds. The van der Waals surface area contributed by atoms with Crippen LogP contribution >= 0.6 is 0 Å². The number of nitrogens with zero attached hydrogens (tertiary/aromatic N) is 1. The Kier molecular flexibility index (Phi) is 6.22. The molecule has 33 heavy (non-hydrogen) atoms. The molecular weight excluding hydrogens is 450 g/mol. The van der Waals surface area contributed by atoms with Gasteiger partial charge in [-0.2, -0.15) is 26.3 Å². The fraction of sp³-hybridized carbons (Fsp3) is 0.696. The molecule has 1 aromatic rings. The van der Waals surface area contributed by atoms with Crippen molar-refractivity contribution in [3.05, 3.63) is 34.9 Å². The van der Waals surface area contributed by atoms with Gasteiger partial charge in [0.25, 0.3) is 0 Å². The predicted molar refractivity (Wildman–Crippen MR) is 108 cm³/mol. The minimum Gasteiger partial charge on any atom is -0.380 e. The van der Waals surface area contributed by atoms with Gasteiger partial charge >= 0.3 is 12.4 Å². The van der Waals surface area contributed by atoms with E-state index in [-0.39, 0.29) is 36.0 Å². The van der Waals surface area contributed by atoms with Crippen LogP contribution in [0.15, 0.2) is 18.2 Å². The number of hydrogen-bond donors (Lipinski definition) is 1. The molecule has 184 valence electrons. The molecule has 2 aliphatic heterocycles. The molecule has 2 saturated heterocycles. The zero-order valence-corrected chi connectivity index (χ0v) is 18.4. The maximum absolute atomic E-state index is 13.8. The van der Waals surface area contributed by atoms with E-state index in [9.17, 15) is 31.1 Å². The lowest BCUT2D eigenvalue weighted by Gasteiger charge is -2.44. The Hall–Kier alpha value is -1.81. The van der Waals surface area contributed by atoms with E-state index in [1.807, 2.05) is 6.92 Å². The molecule has 0 spiro atoms. The Morgan fingerprint density at radius 1 is 1.09 bits per heavy atom. The fourth-order valence-electron chi connectivity index (χ4n) is 4.93. The van der Waals surface area contributed by atoms with Gasteiger partial charge in [-0.15, -0.1) is 0 Å². The Labute approximate surface area is 188 Å². The average molecular weight is 478 g/mol. The number of amides is 1. The van der Waals surface area contributed by atoms with Gasteiger partial charge in [0.1, 0.15) is 0 Å². The summed E-state index contributed by atoms with van der Waals surface area (Å²) in [6, 6.07) is 1.55. The molecule has 1 atom stereocenters. The van der Waals surface area contributed by atoms with Crippen LogP contribution < -0.4 is 5.32 Å². The van der Waals surface area contributed by atoms with Crippen LogP contribution in [0.5, 0.6) is 0 Å². The lowest BCUT2D eigenvalue weighted by atomic mass is 9.79. The summed E-state index contributed by atoms with van der Waals surface area (Å²) in [5.41, 5.74) is -3.96. The third-order valence-corrected chi connectivity index (χ3v) is 6.86. The normalized spacial score (nSPS) is 25.1. The molecule has 3 fully saturated rings. The number of alkyl halides is 6. The summed E-state index contributed by atoms with van der Waals surface area (Å²) in [6.07, 6.45) is -6.46. The molecule has 2 heterocycles. The summed E-state index contributed by atoms with van der Waals surface area (Å²) in [5, 5.41) is 3.23. The minimum absolute atomic E-state index is 0.117. The highest BCUT2D eigenvalue weighted by Gasteiger charge is 2.48. The van der Waals surface area contributed by atoms with Crippen molar-refractivity contribution >= 4 is 5.91 Å². The first-order chi connectivity index (χ1) is 15.3. The summed E-state index contributed by atoms with van der Waals surface area (Å²) < 4.78 is 85.4. The summed E-state index contributed by atoms with van der Waals surface area (Å²) in [6.45, 7) is 3.73. The van der Waals surface area contributed by atoms with Crippen LogP contribution in [0, 0.1) is 16.7 Å². The van der Waals surface area contributed by atoms with Gasteiger partial charge in [-0.25, -0.2) is 0 Å². The molecule has 10 heteroatoms. The minimum atomic E-state index is -4.93. The Bertz CT molecular complexity index is 852. The number of ether oxygens (including phenoxy) is 1. The first-order valence-electron chi connectivity index (χ1n) is 11.2. The maximum atomic E-state index is 13.8. The van der Waals surface area contributed by atoms with E-state index < -0.39 is 28.9 Å². The first-order valence-corrected chi connectivity index (χ1v) is 11.2. The number of benzene rings is 1. The van der Waals surface area contributed by atoms with E-state index in [0.717, 1.165) is 25.0 Å². The molecule has 0 radical (unpaired) electrons. The zero-order valence-electron chi connectivity index (χ0n) is 18.4. The van der Waals surface area contributed by atoms with Gasteiger partial charge < -0.3 is 15.0 Å². The summed E-state index contributed by atoms with van der Waals surface area (Å²) in [7, 11) is 0. The number of nitrogens with one attached hydrogen (secondary N) is 1. The van der Waals surface area contributed by atoms with Crippen molar-refractivity contribution in [3.63, 3.8) is 0 Å². The standard InChI is InChI=1S/C23H28F6N2O2/c1-20(13-33-14-20)12-31(19(32)21(4-5-30-11-21)9-15-2-3-15)10-16-6-17(22(24,25)26)8-18(7-16)23(27,28)29/h6-8,15,30H,2-5,9-14H2,1H3. The zero-order chi connectivity index (χ0) is 24.1. The van der Waals surface area contributed by atoms with Crippen molar-refractivity contribution < 1.29 is 35.9 Å². The lowest BCUT2D eigenvalue weighted by Crippen LogP contribution is -2.53. The van der Waals surface area contributed by atoms with Crippen LogP contribution in [-0.4, -0.2) is 43.7 Å². The van der Waals surface area contributed by atoms with Crippen molar-refractivity contribution in [2.24, 2.45) is 16.7 Å². The molecule has 1 aromatic carbocycles. The van der Waals surface area contributed by atoms with Gasteiger partial charge in [0.2, 0.25) is 5.91 Å². The van der Waals surface area contributed by atoms with Crippen LogP contribution in [0.25, 0.3) is 0 Å². The Morgan fingerprint density at radius 3 is 2.12 bits per heavy atom. The van der Waals surface area contributed by atoms with Gasteiger partial charge in [0, 0.05) is 25.0 Å². The predicted octanol–water partition coefficient (Wildman–Crippen LogP) is 4.87. The number of halogens is 6. The van der Waals surface area contributed by atoms with Crippen LogP contribution in [-0.2, 0) is 28.4 Å². The highest BCUT2D eigenvalue weighted by molar-refractivity contribution is 5.83. The number of carbonyl (C=O) groups excluding carboxylic acids is 1. The topological polar surface area (TPSA) is 41.6 Å². The fourth-order valence-corrected chi connectivity index (χ4v) is 4.93. The van der Waals surface area contributed by atoms with Crippen LogP contribution in [0.4, 0.5) is 26.3 Å². The highest BCUT2D eigenvalue weighted by atomic mass is 19.4. The highest BCUT2D eigenvalue weighted by Crippen LogP contribution is 2.45. The van der Waals surface area contributed by atoms with Crippen LogP contribution in [0.1, 0.15) is 49.3 Å². The molecule has 4 rings (SSSR count). The summed E-state index contributed by atoms with van der Waals surface area (Å²) >= 11 is 0. The van der Waals surface area contributed by atoms with Gasteiger partial charge in [-0.1, -0.05) is 19.8 Å². The number of rotatable bonds is 7. The van der Waals surface area contributed by atoms with Gasteiger partial charge in [-0.05, 0) is 49.1 Å². The smallest absolute Gasteiger partial charge is 0.380 e. The number of carbonyl (C=O) groups is 1. The molecule has 1 aliphatic carbocycles. The monoisotopic (exact) mass is 478 g/mol. The second kappa shape index (κ2) is 8.45. The van der Waals surface area contributed by atoms with Crippen molar-refractivity contribution in [1.82, 2.24) is 10.2 Å². The van der Waals surface area contributed by atoms with E-state index in [2.05, 4.69) is 5.32 Å². The van der Waals surface area contributed by atoms with E-state index in [4.69, 9.17) is 4.74 Å². The Morgan fingerprint density at radius 2 is 1.70 bits per heavy atom. The van der Waals surface area contributed by atoms with Crippen LogP contribution in [0.2, 0.25) is 0 Å². The molecule has 0 bridgehead atoms. The SMILES string of the molecule is CC1(CN(Cc2cc(C(F)(F)F)cc(C(F)(F)F)c2)C(=O)C2(CC3CC3)CCNC2)COC1. The molecule has 1 unspecified atom stereocenters. The quantitative estimate of drug-likeness (QED) is 0.569. The van der Waals surface area contributed by atoms with Gasteiger partial charge in [-0.3, -0.25) is 4.79 Å². The van der Waals surface area contributed by atoms with E-state index in [0.29, 0.717) is 45.1 Å². The second-order valence-corrected chi connectivity index (χ2v) is 10.2. The largest absolute Gasteiger partial charge is 0.416 e.